The molecule has 0 aromatic carbocycles. The van der Waals surface area contributed by atoms with Crippen molar-refractivity contribution >= 4 is 5.91 Å². The number of aromatic nitrogens is 1. The van der Waals surface area contributed by atoms with E-state index in [0.717, 1.165) is 0 Å². The van der Waals surface area contributed by atoms with Gasteiger partial charge in [0.15, 0.2) is 0 Å². The smallest absolute Gasteiger partial charge is 0.252 e. The van der Waals surface area contributed by atoms with Crippen molar-refractivity contribution in [3.05, 3.63) is 34.2 Å². The van der Waals surface area contributed by atoms with Crippen LogP contribution in [0.4, 0.5) is 0 Å². The monoisotopic (exact) mass is 210 g/mol. The highest BCUT2D eigenvalue weighted by Crippen LogP contribution is 2.02. The van der Waals surface area contributed by atoms with Crippen molar-refractivity contribution in [3.8, 4) is 0 Å². The minimum atomic E-state index is -0.695. The molecule has 3 N–H and O–H groups in total. The number of carbonyl (C=O) groups excluding carboxylic acids is 1. The Balaban J connectivity index is 2.83. The van der Waals surface area contributed by atoms with Crippen LogP contribution in [-0.4, -0.2) is 28.1 Å². The first-order valence-electron chi connectivity index (χ1n) is 4.57. The third kappa shape index (κ3) is 3.21. The molecule has 0 aliphatic carbocycles. The van der Waals surface area contributed by atoms with Gasteiger partial charge in [-0.15, -0.1) is 0 Å². The molecule has 0 bridgehead atoms. The number of nitrogens with one attached hydrogen (secondary N) is 2. The molecule has 1 rings (SSSR count). The van der Waals surface area contributed by atoms with E-state index in [1.165, 1.54) is 18.3 Å². The van der Waals surface area contributed by atoms with E-state index in [2.05, 4.69) is 10.3 Å². The maximum absolute atomic E-state index is 11.6. The van der Waals surface area contributed by atoms with Gasteiger partial charge in [0.25, 0.3) is 5.91 Å². The molecule has 0 saturated carbocycles. The molecule has 0 radical (unpaired) electrons. The van der Waals surface area contributed by atoms with Crippen molar-refractivity contribution in [1.29, 1.82) is 0 Å². The van der Waals surface area contributed by atoms with Gasteiger partial charge in [-0.1, -0.05) is 0 Å². The van der Waals surface area contributed by atoms with Gasteiger partial charge in [-0.3, -0.25) is 9.59 Å². The average molecular weight is 210 g/mol. The first-order valence-corrected chi connectivity index (χ1v) is 4.57. The quantitative estimate of drug-likeness (QED) is 0.650. The van der Waals surface area contributed by atoms with E-state index in [1.54, 1.807) is 13.8 Å². The SMILES string of the molecule is CC(C)(CO)NC(=O)c1cc[nH]c(=O)c1. The maximum Gasteiger partial charge on any atom is 0.252 e. The lowest BCUT2D eigenvalue weighted by Crippen LogP contribution is -2.46. The summed E-state index contributed by atoms with van der Waals surface area (Å²) < 4.78 is 0. The van der Waals surface area contributed by atoms with Gasteiger partial charge in [-0.25, -0.2) is 0 Å². The van der Waals surface area contributed by atoms with Crippen LogP contribution in [0, 0.1) is 0 Å². The van der Waals surface area contributed by atoms with E-state index in [1.807, 2.05) is 0 Å². The van der Waals surface area contributed by atoms with Crippen LogP contribution >= 0.6 is 0 Å². The molecular formula is C10H14N2O3. The summed E-state index contributed by atoms with van der Waals surface area (Å²) in [6, 6.07) is 2.72. The van der Waals surface area contributed by atoms with Gasteiger partial charge in [0, 0.05) is 17.8 Å². The Kier molecular flexibility index (Phi) is 3.26. The summed E-state index contributed by atoms with van der Waals surface area (Å²) in [5.74, 6) is -0.375. The van der Waals surface area contributed by atoms with Crippen molar-refractivity contribution in [2.75, 3.05) is 6.61 Å². The Labute approximate surface area is 87.1 Å². The lowest BCUT2D eigenvalue weighted by molar-refractivity contribution is 0.0869. The minimum Gasteiger partial charge on any atom is -0.394 e. The summed E-state index contributed by atoms with van der Waals surface area (Å²) in [5, 5.41) is 11.6. The van der Waals surface area contributed by atoms with Gasteiger partial charge in [0.05, 0.1) is 12.1 Å². The van der Waals surface area contributed by atoms with E-state index in [9.17, 15) is 9.59 Å². The fourth-order valence-electron chi connectivity index (χ4n) is 1.00. The predicted molar refractivity (Wildman–Crippen MR) is 55.7 cm³/mol. The zero-order valence-corrected chi connectivity index (χ0v) is 8.70. The Morgan fingerprint density at radius 3 is 2.80 bits per heavy atom. The fraction of sp³-hybridized carbons (Fsp3) is 0.400. The number of hydrogen-bond acceptors (Lipinski definition) is 3. The van der Waals surface area contributed by atoms with E-state index in [4.69, 9.17) is 5.11 Å². The van der Waals surface area contributed by atoms with Crippen molar-refractivity contribution in [2.24, 2.45) is 0 Å². The molecule has 5 nitrogen and oxygen atoms in total. The molecular weight excluding hydrogens is 196 g/mol. The molecule has 82 valence electrons. The Morgan fingerprint density at radius 1 is 1.60 bits per heavy atom. The number of pyridine rings is 1. The lowest BCUT2D eigenvalue weighted by Gasteiger charge is -2.23. The molecule has 0 aliphatic rings. The molecule has 1 aromatic heterocycles. The third-order valence-corrected chi connectivity index (χ3v) is 1.88. The Bertz CT molecular complexity index is 409. The Morgan fingerprint density at radius 2 is 2.27 bits per heavy atom. The molecule has 5 heteroatoms. The molecule has 0 spiro atoms. The minimum absolute atomic E-state index is 0.165. The highest BCUT2D eigenvalue weighted by Gasteiger charge is 2.19. The van der Waals surface area contributed by atoms with Crippen LogP contribution in [0.3, 0.4) is 0 Å². The number of rotatable bonds is 3. The zero-order chi connectivity index (χ0) is 11.5. The highest BCUT2D eigenvalue weighted by molar-refractivity contribution is 5.94. The van der Waals surface area contributed by atoms with Crippen LogP contribution in [0.2, 0.25) is 0 Å². The van der Waals surface area contributed by atoms with E-state index >= 15 is 0 Å². The summed E-state index contributed by atoms with van der Waals surface area (Å²) in [6.45, 7) is 3.22. The number of hydrogen-bond donors (Lipinski definition) is 3. The average Bonchev–Trinajstić information content (AvgIpc) is 2.17. The van der Waals surface area contributed by atoms with Crippen LogP contribution in [0.5, 0.6) is 0 Å². The van der Waals surface area contributed by atoms with Crippen LogP contribution < -0.4 is 10.9 Å². The molecule has 0 unspecified atom stereocenters. The van der Waals surface area contributed by atoms with E-state index in [-0.39, 0.29) is 23.6 Å². The predicted octanol–water partition coefficient (Wildman–Crippen LogP) is -0.124. The molecule has 1 aromatic rings. The van der Waals surface area contributed by atoms with Crippen LogP contribution in [0.1, 0.15) is 24.2 Å². The Hall–Kier alpha value is -1.62. The van der Waals surface area contributed by atoms with Gasteiger partial charge in [-0.2, -0.15) is 0 Å². The number of aliphatic hydroxyl groups excluding tert-OH is 1. The zero-order valence-electron chi connectivity index (χ0n) is 8.70. The van der Waals surface area contributed by atoms with E-state index in [0.29, 0.717) is 0 Å². The molecule has 15 heavy (non-hydrogen) atoms. The van der Waals surface area contributed by atoms with Crippen LogP contribution in [0.15, 0.2) is 23.1 Å². The number of aromatic amines is 1. The number of carbonyl (C=O) groups is 1. The number of aliphatic hydroxyl groups is 1. The molecule has 0 aliphatic heterocycles. The standard InChI is InChI=1S/C10H14N2O3/c1-10(2,6-13)12-9(15)7-3-4-11-8(14)5-7/h3-5,13H,6H2,1-2H3,(H,11,14)(H,12,15). The first-order chi connectivity index (χ1) is 6.94. The lowest BCUT2D eigenvalue weighted by atomic mass is 10.1. The second kappa shape index (κ2) is 4.27. The van der Waals surface area contributed by atoms with Gasteiger partial charge in [0.1, 0.15) is 0 Å². The topological polar surface area (TPSA) is 82.2 Å². The second-order valence-corrected chi connectivity index (χ2v) is 3.94. The van der Waals surface area contributed by atoms with Gasteiger partial charge >= 0.3 is 0 Å². The highest BCUT2D eigenvalue weighted by atomic mass is 16.3. The summed E-state index contributed by atoms with van der Waals surface area (Å²) in [4.78, 5) is 25.0. The van der Waals surface area contributed by atoms with Crippen LogP contribution in [0.25, 0.3) is 0 Å². The summed E-state index contributed by atoms with van der Waals surface area (Å²) in [7, 11) is 0. The summed E-state index contributed by atoms with van der Waals surface area (Å²) in [5.41, 5.74) is -0.746. The molecule has 0 saturated heterocycles. The number of amides is 1. The third-order valence-electron chi connectivity index (χ3n) is 1.88. The van der Waals surface area contributed by atoms with Gasteiger partial charge in [-0.05, 0) is 19.9 Å². The van der Waals surface area contributed by atoms with Crippen LogP contribution in [-0.2, 0) is 0 Å². The molecule has 0 fully saturated rings. The van der Waals surface area contributed by atoms with Gasteiger partial charge < -0.3 is 15.4 Å². The molecule has 1 amide bonds. The first kappa shape index (κ1) is 11.5. The molecule has 1 heterocycles. The normalized spacial score (nSPS) is 11.1. The van der Waals surface area contributed by atoms with Crippen molar-refractivity contribution < 1.29 is 9.90 Å². The molecule has 0 atom stereocenters. The number of H-pyrrole nitrogens is 1. The second-order valence-electron chi connectivity index (χ2n) is 3.94. The maximum atomic E-state index is 11.6. The van der Waals surface area contributed by atoms with Gasteiger partial charge in [0.2, 0.25) is 5.56 Å². The fourth-order valence-corrected chi connectivity index (χ4v) is 1.00. The van der Waals surface area contributed by atoms with Crippen molar-refractivity contribution in [3.63, 3.8) is 0 Å². The summed E-state index contributed by atoms with van der Waals surface area (Å²) in [6.07, 6.45) is 1.41. The largest absolute Gasteiger partial charge is 0.394 e. The summed E-state index contributed by atoms with van der Waals surface area (Å²) >= 11 is 0. The van der Waals surface area contributed by atoms with E-state index < -0.39 is 5.54 Å². The van der Waals surface area contributed by atoms with Crippen molar-refractivity contribution in [2.45, 2.75) is 19.4 Å². The van der Waals surface area contributed by atoms with Crippen molar-refractivity contribution in [1.82, 2.24) is 10.3 Å².